The Bertz CT molecular complexity index is 335. The van der Waals surface area contributed by atoms with Crippen LogP contribution in [0.3, 0.4) is 0 Å². The molecule has 0 spiro atoms. The minimum absolute atomic E-state index is 0.381. The smallest absolute Gasteiger partial charge is 0.119 e. The van der Waals surface area contributed by atoms with E-state index in [0.29, 0.717) is 19.8 Å². The van der Waals surface area contributed by atoms with Gasteiger partial charge in [0.05, 0.1) is 13.2 Å². The SMILES string of the molecule is COCCOc1ccc(C#CCN)cc1. The van der Waals surface area contributed by atoms with Gasteiger partial charge in [0, 0.05) is 12.7 Å². The van der Waals surface area contributed by atoms with Crippen LogP contribution in [0.25, 0.3) is 0 Å². The number of hydrogen-bond donors (Lipinski definition) is 1. The summed E-state index contributed by atoms with van der Waals surface area (Å²) in [4.78, 5) is 0. The summed E-state index contributed by atoms with van der Waals surface area (Å²) >= 11 is 0. The zero-order valence-electron chi connectivity index (χ0n) is 8.82. The lowest BCUT2D eigenvalue weighted by Crippen LogP contribution is -2.03. The van der Waals surface area contributed by atoms with Crippen molar-refractivity contribution in [3.8, 4) is 17.6 Å². The fraction of sp³-hybridized carbons (Fsp3) is 0.333. The number of benzene rings is 1. The van der Waals surface area contributed by atoms with Crippen molar-refractivity contribution in [2.75, 3.05) is 26.9 Å². The van der Waals surface area contributed by atoms with Gasteiger partial charge in [0.1, 0.15) is 12.4 Å². The maximum absolute atomic E-state index is 5.41. The normalized spacial score (nSPS) is 9.20. The molecule has 0 saturated heterocycles. The summed E-state index contributed by atoms with van der Waals surface area (Å²) in [7, 11) is 1.65. The largest absolute Gasteiger partial charge is 0.491 e. The Labute approximate surface area is 90.2 Å². The molecule has 0 aromatic heterocycles. The topological polar surface area (TPSA) is 44.5 Å². The molecule has 15 heavy (non-hydrogen) atoms. The summed E-state index contributed by atoms with van der Waals surface area (Å²) in [5.74, 6) is 6.56. The second-order valence-electron chi connectivity index (χ2n) is 2.87. The van der Waals surface area contributed by atoms with Crippen molar-refractivity contribution in [2.24, 2.45) is 5.73 Å². The van der Waals surface area contributed by atoms with Gasteiger partial charge in [0.2, 0.25) is 0 Å². The average molecular weight is 205 g/mol. The number of methoxy groups -OCH3 is 1. The van der Waals surface area contributed by atoms with Crippen molar-refractivity contribution >= 4 is 0 Å². The monoisotopic (exact) mass is 205 g/mol. The van der Waals surface area contributed by atoms with Gasteiger partial charge in [-0.3, -0.25) is 0 Å². The van der Waals surface area contributed by atoms with Crippen LogP contribution in [0.5, 0.6) is 5.75 Å². The van der Waals surface area contributed by atoms with Gasteiger partial charge in [-0.15, -0.1) is 0 Å². The Morgan fingerprint density at radius 2 is 1.93 bits per heavy atom. The van der Waals surface area contributed by atoms with E-state index >= 15 is 0 Å². The fourth-order valence-corrected chi connectivity index (χ4v) is 1.03. The molecule has 0 aliphatic carbocycles. The molecular weight excluding hydrogens is 190 g/mol. The standard InChI is InChI=1S/C12H15NO2/c1-14-9-10-15-12-6-4-11(5-7-12)3-2-8-13/h4-7H,8-10,13H2,1H3. The zero-order valence-corrected chi connectivity index (χ0v) is 8.82. The van der Waals surface area contributed by atoms with Crippen LogP contribution in [-0.2, 0) is 4.74 Å². The minimum atomic E-state index is 0.381. The maximum atomic E-state index is 5.41. The van der Waals surface area contributed by atoms with E-state index in [-0.39, 0.29) is 0 Å². The second-order valence-corrected chi connectivity index (χ2v) is 2.87. The Balaban J connectivity index is 2.49. The van der Waals surface area contributed by atoms with E-state index in [1.165, 1.54) is 0 Å². The summed E-state index contributed by atoms with van der Waals surface area (Å²) in [6.45, 7) is 1.53. The van der Waals surface area contributed by atoms with E-state index in [9.17, 15) is 0 Å². The molecule has 3 nitrogen and oxygen atoms in total. The third-order valence-corrected chi connectivity index (χ3v) is 1.75. The van der Waals surface area contributed by atoms with Crippen molar-refractivity contribution in [2.45, 2.75) is 0 Å². The van der Waals surface area contributed by atoms with Gasteiger partial charge in [0.25, 0.3) is 0 Å². The summed E-state index contributed by atoms with van der Waals surface area (Å²) in [6, 6.07) is 7.59. The van der Waals surface area contributed by atoms with Crippen LogP contribution >= 0.6 is 0 Å². The molecule has 0 aliphatic rings. The molecule has 0 heterocycles. The molecule has 0 unspecified atom stereocenters. The van der Waals surface area contributed by atoms with Crippen LogP contribution in [0.1, 0.15) is 5.56 Å². The van der Waals surface area contributed by atoms with E-state index in [4.69, 9.17) is 15.2 Å². The van der Waals surface area contributed by atoms with E-state index < -0.39 is 0 Å². The quantitative estimate of drug-likeness (QED) is 0.589. The van der Waals surface area contributed by atoms with Gasteiger partial charge in [0.15, 0.2) is 0 Å². The third-order valence-electron chi connectivity index (χ3n) is 1.75. The molecule has 0 saturated carbocycles. The van der Waals surface area contributed by atoms with Crippen molar-refractivity contribution < 1.29 is 9.47 Å². The molecule has 1 rings (SSSR count). The molecule has 2 N–H and O–H groups in total. The second kappa shape index (κ2) is 6.88. The molecule has 80 valence electrons. The molecule has 0 bridgehead atoms. The first-order valence-corrected chi connectivity index (χ1v) is 4.77. The highest BCUT2D eigenvalue weighted by Gasteiger charge is 1.92. The number of ether oxygens (including phenoxy) is 2. The minimum Gasteiger partial charge on any atom is -0.491 e. The Morgan fingerprint density at radius 1 is 1.20 bits per heavy atom. The highest BCUT2D eigenvalue weighted by atomic mass is 16.5. The Kier molecular flexibility index (Phi) is 5.31. The van der Waals surface area contributed by atoms with Crippen LogP contribution in [0.15, 0.2) is 24.3 Å². The lowest BCUT2D eigenvalue weighted by atomic mass is 10.2. The highest BCUT2D eigenvalue weighted by Crippen LogP contribution is 2.11. The van der Waals surface area contributed by atoms with Crippen molar-refractivity contribution in [3.05, 3.63) is 29.8 Å². The van der Waals surface area contributed by atoms with Crippen LogP contribution in [-0.4, -0.2) is 26.9 Å². The Morgan fingerprint density at radius 3 is 2.53 bits per heavy atom. The number of hydrogen-bond acceptors (Lipinski definition) is 3. The lowest BCUT2D eigenvalue weighted by Gasteiger charge is -2.04. The van der Waals surface area contributed by atoms with Gasteiger partial charge in [-0.1, -0.05) is 11.8 Å². The molecular formula is C12H15NO2. The summed E-state index contributed by atoms with van der Waals surface area (Å²) in [6.07, 6.45) is 0. The van der Waals surface area contributed by atoms with Gasteiger partial charge in [-0.05, 0) is 24.3 Å². The van der Waals surface area contributed by atoms with Gasteiger partial charge in [-0.2, -0.15) is 0 Å². The van der Waals surface area contributed by atoms with E-state index in [0.717, 1.165) is 11.3 Å². The summed E-state index contributed by atoms with van der Waals surface area (Å²) < 4.78 is 10.3. The number of rotatable bonds is 4. The molecule has 0 radical (unpaired) electrons. The van der Waals surface area contributed by atoms with E-state index in [1.807, 2.05) is 24.3 Å². The Hall–Kier alpha value is -1.50. The highest BCUT2D eigenvalue weighted by molar-refractivity contribution is 5.38. The molecule has 3 heteroatoms. The summed E-state index contributed by atoms with van der Waals surface area (Å²) in [5, 5.41) is 0. The first-order chi connectivity index (χ1) is 7.36. The molecule has 0 amide bonds. The summed E-state index contributed by atoms with van der Waals surface area (Å²) in [5.41, 5.74) is 6.22. The fourth-order valence-electron chi connectivity index (χ4n) is 1.03. The molecule has 1 aromatic carbocycles. The van der Waals surface area contributed by atoms with Crippen LogP contribution in [0.2, 0.25) is 0 Å². The predicted molar refractivity (Wildman–Crippen MR) is 59.7 cm³/mol. The van der Waals surface area contributed by atoms with Crippen LogP contribution < -0.4 is 10.5 Å². The van der Waals surface area contributed by atoms with Gasteiger partial charge in [-0.25, -0.2) is 0 Å². The first-order valence-electron chi connectivity index (χ1n) is 4.77. The first kappa shape index (κ1) is 11.6. The maximum Gasteiger partial charge on any atom is 0.119 e. The van der Waals surface area contributed by atoms with Crippen LogP contribution in [0.4, 0.5) is 0 Å². The average Bonchev–Trinajstić information content (AvgIpc) is 2.28. The molecule has 0 atom stereocenters. The predicted octanol–water partition coefficient (Wildman–Crippen LogP) is 1.02. The van der Waals surface area contributed by atoms with Crippen LogP contribution in [0, 0.1) is 11.8 Å². The number of nitrogens with two attached hydrogens (primary N) is 1. The van der Waals surface area contributed by atoms with Crippen molar-refractivity contribution in [1.29, 1.82) is 0 Å². The lowest BCUT2D eigenvalue weighted by molar-refractivity contribution is 0.146. The van der Waals surface area contributed by atoms with Crippen molar-refractivity contribution in [1.82, 2.24) is 0 Å². The van der Waals surface area contributed by atoms with Gasteiger partial charge < -0.3 is 15.2 Å². The van der Waals surface area contributed by atoms with E-state index in [2.05, 4.69) is 11.8 Å². The van der Waals surface area contributed by atoms with Gasteiger partial charge >= 0.3 is 0 Å². The molecule has 0 fully saturated rings. The molecule has 0 aliphatic heterocycles. The zero-order chi connectivity index (χ0) is 10.9. The third kappa shape index (κ3) is 4.50. The van der Waals surface area contributed by atoms with Crippen molar-refractivity contribution in [3.63, 3.8) is 0 Å². The molecule has 1 aromatic rings. The van der Waals surface area contributed by atoms with E-state index in [1.54, 1.807) is 7.11 Å².